The van der Waals surface area contributed by atoms with Crippen molar-refractivity contribution in [2.75, 3.05) is 24.7 Å². The van der Waals surface area contributed by atoms with Gasteiger partial charge in [0.05, 0.1) is 22.8 Å². The number of hydrogen-bond donors (Lipinski definition) is 1. The Morgan fingerprint density at radius 3 is 2.78 bits per heavy atom. The van der Waals surface area contributed by atoms with Crippen molar-refractivity contribution in [3.63, 3.8) is 0 Å². The first-order valence-corrected chi connectivity index (χ1v) is 11.9. The van der Waals surface area contributed by atoms with Crippen LogP contribution < -0.4 is 5.32 Å². The molecule has 9 heteroatoms. The summed E-state index contributed by atoms with van der Waals surface area (Å²) < 4.78 is 3.73. The highest BCUT2D eigenvalue weighted by atomic mass is 32.2. The zero-order valence-electron chi connectivity index (χ0n) is 18.1. The lowest BCUT2D eigenvalue weighted by atomic mass is 10.0. The highest BCUT2D eigenvalue weighted by molar-refractivity contribution is 7.98. The lowest BCUT2D eigenvalue weighted by Crippen LogP contribution is -2.45. The van der Waals surface area contributed by atoms with Crippen LogP contribution in [0.25, 0.3) is 16.7 Å². The van der Waals surface area contributed by atoms with E-state index in [2.05, 4.69) is 38.8 Å². The molecule has 1 amide bonds. The second-order valence-corrected chi connectivity index (χ2v) is 8.89. The minimum absolute atomic E-state index is 0.0754. The van der Waals surface area contributed by atoms with Gasteiger partial charge in [-0.1, -0.05) is 0 Å². The van der Waals surface area contributed by atoms with E-state index in [1.807, 2.05) is 51.8 Å². The van der Waals surface area contributed by atoms with Gasteiger partial charge in [0.15, 0.2) is 5.65 Å². The van der Waals surface area contributed by atoms with Gasteiger partial charge in [0.1, 0.15) is 12.1 Å². The van der Waals surface area contributed by atoms with Crippen molar-refractivity contribution in [3.8, 4) is 5.69 Å². The van der Waals surface area contributed by atoms with Crippen LogP contribution in [-0.4, -0.2) is 60.5 Å². The van der Waals surface area contributed by atoms with Gasteiger partial charge >= 0.3 is 0 Å². The van der Waals surface area contributed by atoms with Gasteiger partial charge in [-0.15, -0.1) is 11.8 Å². The maximum absolute atomic E-state index is 12.9. The number of amides is 1. The van der Waals surface area contributed by atoms with Crippen molar-refractivity contribution >= 4 is 34.5 Å². The van der Waals surface area contributed by atoms with Crippen LogP contribution in [0, 0.1) is 0 Å². The first-order chi connectivity index (χ1) is 15.6. The predicted octanol–water partition coefficient (Wildman–Crippen LogP) is 3.59. The molecule has 1 aliphatic heterocycles. The van der Waals surface area contributed by atoms with Crippen LogP contribution in [0.3, 0.4) is 0 Å². The molecule has 1 aliphatic rings. The highest BCUT2D eigenvalue weighted by Crippen LogP contribution is 2.25. The van der Waals surface area contributed by atoms with Crippen LogP contribution in [0.4, 0.5) is 5.82 Å². The second kappa shape index (κ2) is 8.66. The van der Waals surface area contributed by atoms with E-state index < -0.39 is 0 Å². The average molecular weight is 448 g/mol. The van der Waals surface area contributed by atoms with E-state index in [9.17, 15) is 4.79 Å². The van der Waals surface area contributed by atoms with Crippen molar-refractivity contribution in [3.05, 3.63) is 60.8 Å². The van der Waals surface area contributed by atoms with Crippen LogP contribution >= 0.6 is 11.8 Å². The van der Waals surface area contributed by atoms with Crippen LogP contribution in [0.5, 0.6) is 0 Å². The smallest absolute Gasteiger partial charge is 0.255 e. The zero-order valence-corrected chi connectivity index (χ0v) is 18.9. The number of thioether (sulfide) groups is 1. The van der Waals surface area contributed by atoms with Gasteiger partial charge < -0.3 is 14.8 Å². The molecule has 1 aromatic carbocycles. The summed E-state index contributed by atoms with van der Waals surface area (Å²) in [6, 6.07) is 10.2. The van der Waals surface area contributed by atoms with Gasteiger partial charge in [-0.05, 0) is 49.4 Å². The summed E-state index contributed by atoms with van der Waals surface area (Å²) in [6.07, 6.45) is 11.1. The largest absolute Gasteiger partial charge is 0.365 e. The summed E-state index contributed by atoms with van der Waals surface area (Å²) in [5, 5.41) is 8.97. The molecule has 0 aliphatic carbocycles. The number of hydrogen-bond acceptors (Lipinski definition) is 6. The molecule has 1 atom stereocenters. The van der Waals surface area contributed by atoms with E-state index in [1.165, 1.54) is 4.90 Å². The Morgan fingerprint density at radius 2 is 2.03 bits per heavy atom. The van der Waals surface area contributed by atoms with Crippen molar-refractivity contribution in [1.82, 2.24) is 29.2 Å². The summed E-state index contributed by atoms with van der Waals surface area (Å²) in [5.74, 6) is 0.826. The number of carbonyl (C=O) groups excluding carboxylic acids is 1. The summed E-state index contributed by atoms with van der Waals surface area (Å²) in [4.78, 5) is 25.0. The Bertz CT molecular complexity index is 1250. The number of aromatic nitrogens is 5. The monoisotopic (exact) mass is 447 g/mol. The molecular weight excluding hydrogens is 422 g/mol. The van der Waals surface area contributed by atoms with Crippen molar-refractivity contribution in [2.45, 2.75) is 23.8 Å². The summed E-state index contributed by atoms with van der Waals surface area (Å²) in [6.45, 7) is 1.42. The molecule has 1 unspecified atom stereocenters. The molecule has 3 aromatic heterocycles. The predicted molar refractivity (Wildman–Crippen MR) is 126 cm³/mol. The Kier molecular flexibility index (Phi) is 5.57. The standard InChI is InChI=1S/C23H25N7OS/c1-28-11-9-16(13-28)23(31)29-10-3-4-17(14-29)27-21-20-12-26-30(22(20)25-15-24-21)18-5-7-19(32-2)8-6-18/h5-9,11-13,15,17H,3-4,10,14H2,1-2H3,(H,24,25,27). The SMILES string of the molecule is CSc1ccc(-n2ncc3c(NC4CCCN(C(=O)c5ccn(C)c5)C4)ncnc32)cc1. The molecule has 0 radical (unpaired) electrons. The van der Waals surface area contributed by atoms with Crippen LogP contribution in [0.15, 0.2) is 60.1 Å². The molecule has 0 bridgehead atoms. The van der Waals surface area contributed by atoms with Crippen molar-refractivity contribution in [1.29, 1.82) is 0 Å². The Morgan fingerprint density at radius 1 is 1.19 bits per heavy atom. The molecule has 1 N–H and O–H groups in total. The number of carbonyl (C=O) groups is 1. The minimum Gasteiger partial charge on any atom is -0.365 e. The summed E-state index contributed by atoms with van der Waals surface area (Å²) in [7, 11) is 1.93. The van der Waals surface area contributed by atoms with E-state index in [4.69, 9.17) is 0 Å². The molecule has 0 saturated carbocycles. The maximum atomic E-state index is 12.9. The number of rotatable bonds is 5. The molecular formula is C23H25N7OS. The first kappa shape index (κ1) is 20.6. The van der Waals surface area contributed by atoms with Gasteiger partial charge in [-0.2, -0.15) is 5.10 Å². The van der Waals surface area contributed by atoms with Crippen LogP contribution in [-0.2, 0) is 7.05 Å². The van der Waals surface area contributed by atoms with E-state index in [1.54, 1.807) is 24.3 Å². The third kappa shape index (κ3) is 3.95. The summed E-state index contributed by atoms with van der Waals surface area (Å²) >= 11 is 1.71. The molecule has 5 rings (SSSR count). The number of aryl methyl sites for hydroxylation is 1. The Labute approximate surface area is 190 Å². The lowest BCUT2D eigenvalue weighted by molar-refractivity contribution is 0.0714. The number of nitrogens with zero attached hydrogens (tertiary/aromatic N) is 6. The quantitative estimate of drug-likeness (QED) is 0.471. The number of benzene rings is 1. The fraction of sp³-hybridized carbons (Fsp3) is 0.304. The number of fused-ring (bicyclic) bond motifs is 1. The average Bonchev–Trinajstić information content (AvgIpc) is 3.46. The van der Waals surface area contributed by atoms with Crippen molar-refractivity contribution in [2.24, 2.45) is 7.05 Å². The first-order valence-electron chi connectivity index (χ1n) is 10.6. The minimum atomic E-state index is 0.0754. The van der Waals surface area contributed by atoms with E-state index in [0.717, 1.165) is 47.5 Å². The second-order valence-electron chi connectivity index (χ2n) is 8.01. The van der Waals surface area contributed by atoms with E-state index >= 15 is 0 Å². The van der Waals surface area contributed by atoms with Crippen molar-refractivity contribution < 1.29 is 4.79 Å². The molecule has 1 fully saturated rings. The molecule has 1 saturated heterocycles. The Hall–Kier alpha value is -3.33. The van der Waals surface area contributed by atoms with E-state index in [0.29, 0.717) is 6.54 Å². The fourth-order valence-corrected chi connectivity index (χ4v) is 4.56. The molecule has 164 valence electrons. The van der Waals surface area contributed by atoms with Gasteiger partial charge in [0, 0.05) is 43.5 Å². The number of piperidine rings is 1. The van der Waals surface area contributed by atoms with Gasteiger partial charge in [0.2, 0.25) is 0 Å². The molecule has 8 nitrogen and oxygen atoms in total. The number of nitrogens with one attached hydrogen (secondary N) is 1. The maximum Gasteiger partial charge on any atom is 0.255 e. The normalized spacial score (nSPS) is 16.4. The third-order valence-corrected chi connectivity index (χ3v) is 6.55. The summed E-state index contributed by atoms with van der Waals surface area (Å²) in [5.41, 5.74) is 2.44. The lowest BCUT2D eigenvalue weighted by Gasteiger charge is -2.33. The molecule has 0 spiro atoms. The topological polar surface area (TPSA) is 80.9 Å². The van der Waals surface area contributed by atoms with Gasteiger partial charge in [-0.25, -0.2) is 14.6 Å². The number of anilines is 1. The van der Waals surface area contributed by atoms with Crippen LogP contribution in [0.2, 0.25) is 0 Å². The van der Waals surface area contributed by atoms with E-state index in [-0.39, 0.29) is 11.9 Å². The molecule has 4 heterocycles. The Balaban J connectivity index is 1.36. The van der Waals surface area contributed by atoms with Gasteiger partial charge in [-0.3, -0.25) is 4.79 Å². The molecule has 4 aromatic rings. The highest BCUT2D eigenvalue weighted by Gasteiger charge is 2.26. The fourth-order valence-electron chi connectivity index (χ4n) is 4.16. The van der Waals surface area contributed by atoms with Gasteiger partial charge in [0.25, 0.3) is 5.91 Å². The number of likely N-dealkylation sites (tertiary alicyclic amines) is 1. The van der Waals surface area contributed by atoms with Crippen LogP contribution in [0.1, 0.15) is 23.2 Å². The third-order valence-electron chi connectivity index (χ3n) is 5.81. The zero-order chi connectivity index (χ0) is 22.1. The molecule has 32 heavy (non-hydrogen) atoms.